The third-order valence-electron chi connectivity index (χ3n) is 1.82. The van der Waals surface area contributed by atoms with Gasteiger partial charge in [0.2, 0.25) is 3.79 Å². The molecule has 2 unspecified atom stereocenters. The number of rotatable bonds is 1. The molecule has 74 valence electrons. The standard InChI is InChI=1S/C8H8Cl4O/c9-7(4-2-1-3-5-7)6(13)8(10,11)12/h1-4,6,13H,5H2. The minimum atomic E-state index is -1.77. The van der Waals surface area contributed by atoms with Crippen molar-refractivity contribution >= 4 is 46.4 Å². The quantitative estimate of drug-likeness (QED) is 0.719. The van der Waals surface area contributed by atoms with Crippen LogP contribution >= 0.6 is 46.4 Å². The largest absolute Gasteiger partial charge is 0.386 e. The summed E-state index contributed by atoms with van der Waals surface area (Å²) in [5.41, 5.74) is 0. The van der Waals surface area contributed by atoms with E-state index in [1.165, 1.54) is 0 Å². The van der Waals surface area contributed by atoms with Crippen LogP contribution in [0.2, 0.25) is 0 Å². The average Bonchev–Trinajstić information content (AvgIpc) is 2.03. The van der Waals surface area contributed by atoms with E-state index in [4.69, 9.17) is 46.4 Å². The summed E-state index contributed by atoms with van der Waals surface area (Å²) in [7, 11) is 0. The first-order chi connectivity index (χ1) is 5.86. The molecule has 0 saturated carbocycles. The number of halogens is 4. The Kier molecular flexibility index (Phi) is 3.59. The van der Waals surface area contributed by atoms with E-state index in [9.17, 15) is 5.11 Å². The molecule has 0 aromatic rings. The second-order valence-corrected chi connectivity index (χ2v) is 5.93. The summed E-state index contributed by atoms with van der Waals surface area (Å²) in [5, 5.41) is 9.66. The fraction of sp³-hybridized carbons (Fsp3) is 0.500. The first kappa shape index (κ1) is 11.7. The van der Waals surface area contributed by atoms with Crippen LogP contribution in [0.4, 0.5) is 0 Å². The van der Waals surface area contributed by atoms with E-state index in [1.54, 1.807) is 12.2 Å². The van der Waals surface area contributed by atoms with E-state index in [0.29, 0.717) is 6.42 Å². The SMILES string of the molecule is OC(C(Cl)(Cl)Cl)C1(Cl)C=CC=CC1. The lowest BCUT2D eigenvalue weighted by Crippen LogP contribution is -2.44. The van der Waals surface area contributed by atoms with Crippen LogP contribution in [0.15, 0.2) is 24.3 Å². The molecule has 2 atom stereocenters. The Morgan fingerprint density at radius 2 is 1.92 bits per heavy atom. The molecule has 0 aliphatic heterocycles. The number of aliphatic hydroxyl groups excluding tert-OH is 1. The predicted octanol–water partition coefficient (Wildman–Crippen LogP) is 3.21. The van der Waals surface area contributed by atoms with Gasteiger partial charge in [0.1, 0.15) is 6.10 Å². The second kappa shape index (κ2) is 4.00. The highest BCUT2D eigenvalue weighted by Crippen LogP contribution is 2.42. The van der Waals surface area contributed by atoms with Crippen molar-refractivity contribution in [2.24, 2.45) is 0 Å². The van der Waals surface area contributed by atoms with Crippen molar-refractivity contribution in [3.63, 3.8) is 0 Å². The third-order valence-corrected chi connectivity index (χ3v) is 2.92. The number of alkyl halides is 4. The lowest BCUT2D eigenvalue weighted by atomic mass is 9.94. The van der Waals surface area contributed by atoms with Crippen molar-refractivity contribution in [2.45, 2.75) is 21.2 Å². The van der Waals surface area contributed by atoms with Crippen LogP contribution in [-0.4, -0.2) is 19.9 Å². The van der Waals surface area contributed by atoms with Gasteiger partial charge >= 0.3 is 0 Å². The van der Waals surface area contributed by atoms with Crippen molar-refractivity contribution in [3.05, 3.63) is 24.3 Å². The van der Waals surface area contributed by atoms with Gasteiger partial charge in [-0.15, -0.1) is 11.6 Å². The van der Waals surface area contributed by atoms with Crippen LogP contribution in [0, 0.1) is 0 Å². The molecule has 0 aromatic heterocycles. The molecule has 0 bridgehead atoms. The third kappa shape index (κ3) is 2.77. The summed E-state index contributed by atoms with van der Waals surface area (Å²) >= 11 is 22.7. The molecule has 0 amide bonds. The zero-order valence-corrected chi connectivity index (χ0v) is 9.58. The number of hydrogen-bond acceptors (Lipinski definition) is 1. The van der Waals surface area contributed by atoms with Crippen LogP contribution in [0.25, 0.3) is 0 Å². The summed E-state index contributed by atoms with van der Waals surface area (Å²) < 4.78 is -1.77. The maximum atomic E-state index is 9.66. The lowest BCUT2D eigenvalue weighted by molar-refractivity contribution is 0.147. The van der Waals surface area contributed by atoms with E-state index in [2.05, 4.69) is 0 Å². The molecular weight excluding hydrogens is 254 g/mol. The van der Waals surface area contributed by atoms with Crippen molar-refractivity contribution in [2.75, 3.05) is 0 Å². The second-order valence-electron chi connectivity index (χ2n) is 2.86. The molecular formula is C8H8Cl4O. The van der Waals surface area contributed by atoms with E-state index in [1.807, 2.05) is 12.2 Å². The van der Waals surface area contributed by atoms with Crippen molar-refractivity contribution in [1.82, 2.24) is 0 Å². The normalized spacial score (nSPS) is 30.5. The Morgan fingerprint density at radius 1 is 1.31 bits per heavy atom. The first-order valence-corrected chi connectivity index (χ1v) is 5.15. The highest BCUT2D eigenvalue weighted by atomic mass is 35.6. The van der Waals surface area contributed by atoms with E-state index < -0.39 is 14.8 Å². The molecule has 0 aromatic carbocycles. The first-order valence-electron chi connectivity index (χ1n) is 3.64. The summed E-state index contributed by atoms with van der Waals surface area (Å²) in [6.45, 7) is 0. The molecule has 1 nitrogen and oxygen atoms in total. The molecule has 1 aliphatic carbocycles. The lowest BCUT2D eigenvalue weighted by Gasteiger charge is -2.33. The topological polar surface area (TPSA) is 20.2 Å². The Balaban J connectivity index is 2.81. The highest BCUT2D eigenvalue weighted by Gasteiger charge is 2.45. The monoisotopic (exact) mass is 260 g/mol. The van der Waals surface area contributed by atoms with Gasteiger partial charge in [0.15, 0.2) is 0 Å². The maximum Gasteiger partial charge on any atom is 0.218 e. The zero-order valence-electron chi connectivity index (χ0n) is 6.55. The van der Waals surface area contributed by atoms with E-state index in [0.717, 1.165) is 0 Å². The maximum absolute atomic E-state index is 9.66. The van der Waals surface area contributed by atoms with Crippen molar-refractivity contribution in [3.8, 4) is 0 Å². The average molecular weight is 262 g/mol. The van der Waals surface area contributed by atoms with Crippen LogP contribution in [0.5, 0.6) is 0 Å². The van der Waals surface area contributed by atoms with Gasteiger partial charge in [-0.1, -0.05) is 59.1 Å². The van der Waals surface area contributed by atoms with Gasteiger partial charge in [0.05, 0.1) is 4.87 Å². The molecule has 0 spiro atoms. The van der Waals surface area contributed by atoms with Crippen molar-refractivity contribution < 1.29 is 5.11 Å². The zero-order chi connectivity index (χ0) is 10.1. The van der Waals surface area contributed by atoms with Crippen molar-refractivity contribution in [1.29, 1.82) is 0 Å². The molecule has 0 heterocycles. The fourth-order valence-corrected chi connectivity index (χ4v) is 2.16. The Morgan fingerprint density at radius 3 is 2.31 bits per heavy atom. The van der Waals surface area contributed by atoms with Gasteiger partial charge in [0, 0.05) is 0 Å². The molecule has 0 fully saturated rings. The van der Waals surface area contributed by atoms with Gasteiger partial charge in [-0.25, -0.2) is 0 Å². The van der Waals surface area contributed by atoms with Gasteiger partial charge < -0.3 is 5.11 Å². The molecule has 0 saturated heterocycles. The molecule has 5 heteroatoms. The van der Waals surface area contributed by atoms with Gasteiger partial charge in [-0.05, 0) is 6.42 Å². The molecule has 13 heavy (non-hydrogen) atoms. The Bertz CT molecular complexity index is 243. The van der Waals surface area contributed by atoms with E-state index >= 15 is 0 Å². The number of hydrogen-bond donors (Lipinski definition) is 1. The van der Waals surface area contributed by atoms with Gasteiger partial charge in [0.25, 0.3) is 0 Å². The number of allylic oxidation sites excluding steroid dienone is 3. The highest BCUT2D eigenvalue weighted by molar-refractivity contribution is 6.68. The van der Waals surface area contributed by atoms with E-state index in [-0.39, 0.29) is 0 Å². The summed E-state index contributed by atoms with van der Waals surface area (Å²) in [6.07, 6.45) is 6.20. The fourth-order valence-electron chi connectivity index (χ4n) is 1.09. The van der Waals surface area contributed by atoms with Crippen LogP contribution < -0.4 is 0 Å². The molecule has 0 radical (unpaired) electrons. The summed E-state index contributed by atoms with van der Waals surface area (Å²) in [4.78, 5) is -1.01. The Hall–Kier alpha value is 0.600. The summed E-state index contributed by atoms with van der Waals surface area (Å²) in [6, 6.07) is 0. The Labute approximate surface area is 96.9 Å². The molecule has 1 aliphatic rings. The predicted molar refractivity (Wildman–Crippen MR) is 57.8 cm³/mol. The smallest absolute Gasteiger partial charge is 0.218 e. The van der Waals surface area contributed by atoms with Gasteiger partial charge in [-0.3, -0.25) is 0 Å². The molecule has 1 rings (SSSR count). The van der Waals surface area contributed by atoms with Crippen LogP contribution in [0.1, 0.15) is 6.42 Å². The van der Waals surface area contributed by atoms with Crippen LogP contribution in [0.3, 0.4) is 0 Å². The minimum absolute atomic E-state index is 0.445. The summed E-state index contributed by atoms with van der Waals surface area (Å²) in [5.74, 6) is 0. The van der Waals surface area contributed by atoms with Gasteiger partial charge in [-0.2, -0.15) is 0 Å². The van der Waals surface area contributed by atoms with Crippen LogP contribution in [-0.2, 0) is 0 Å². The molecule has 1 N–H and O–H groups in total. The number of aliphatic hydroxyl groups is 1. The minimum Gasteiger partial charge on any atom is -0.386 e.